The average Bonchev–Trinajstić information content (AvgIpc) is 3.37. The topological polar surface area (TPSA) is 119 Å². The van der Waals surface area contributed by atoms with E-state index < -0.39 is 11.9 Å². The summed E-state index contributed by atoms with van der Waals surface area (Å²) in [6.45, 7) is 0. The van der Waals surface area contributed by atoms with Crippen molar-refractivity contribution in [2.24, 2.45) is 0 Å². The summed E-state index contributed by atoms with van der Waals surface area (Å²) in [5, 5.41) is 13.9. The third kappa shape index (κ3) is 4.29. The van der Waals surface area contributed by atoms with Crippen molar-refractivity contribution in [1.82, 2.24) is 24.8 Å². The van der Waals surface area contributed by atoms with Gasteiger partial charge >= 0.3 is 0 Å². The van der Waals surface area contributed by atoms with Crippen LogP contribution in [0.3, 0.4) is 0 Å². The summed E-state index contributed by atoms with van der Waals surface area (Å²) in [7, 11) is 0. The maximum Gasteiger partial charge on any atom is 0.280 e. The van der Waals surface area contributed by atoms with E-state index in [1.54, 1.807) is 30.5 Å². The Balaban J connectivity index is 1.53. The van der Waals surface area contributed by atoms with Gasteiger partial charge in [-0.05, 0) is 31.4 Å². The van der Waals surface area contributed by atoms with Crippen LogP contribution in [0.5, 0.6) is 0 Å². The Morgan fingerprint density at radius 2 is 2.06 bits per heavy atom. The molecule has 0 aliphatic heterocycles. The lowest BCUT2D eigenvalue weighted by Gasteiger charge is -2.34. The zero-order chi connectivity index (χ0) is 23.1. The number of hydrogen-bond donors (Lipinski definition) is 3. The molecule has 1 aromatic carbocycles. The normalized spacial score (nSPS) is 20.8. The van der Waals surface area contributed by atoms with Crippen molar-refractivity contribution in [1.29, 1.82) is 0 Å². The van der Waals surface area contributed by atoms with Gasteiger partial charge in [0.15, 0.2) is 5.01 Å². The van der Waals surface area contributed by atoms with Crippen LogP contribution in [0.4, 0.5) is 10.2 Å². The summed E-state index contributed by atoms with van der Waals surface area (Å²) in [6.07, 6.45) is 3.64. The number of carbonyl (C=O) groups excluding carboxylic acids is 1. The van der Waals surface area contributed by atoms with Gasteiger partial charge in [0.1, 0.15) is 27.3 Å². The van der Waals surface area contributed by atoms with Gasteiger partial charge in [-0.15, -0.1) is 0 Å². The van der Waals surface area contributed by atoms with E-state index in [1.807, 2.05) is 4.57 Å². The molecular formula is C22H20ClFN6O2S. The van der Waals surface area contributed by atoms with Crippen molar-refractivity contribution < 1.29 is 14.3 Å². The third-order valence-electron chi connectivity index (χ3n) is 5.74. The van der Waals surface area contributed by atoms with Crippen LogP contribution >= 0.6 is 22.9 Å². The highest BCUT2D eigenvalue weighted by molar-refractivity contribution is 7.17. The number of benzene rings is 1. The molecule has 8 nitrogen and oxygen atoms in total. The minimum Gasteiger partial charge on any atom is -0.393 e. The molecular weight excluding hydrogens is 467 g/mol. The molecule has 1 aliphatic carbocycles. The SMILES string of the molecule is Nc1cc2c(cn1)nc(-c1ccccc1F)n2[C@@H]1C[C@@H](O)C[C@H](NC(=O)c2ncc(Cl)s2)C1. The second kappa shape index (κ2) is 8.69. The second-order valence-corrected chi connectivity index (χ2v) is 9.70. The van der Waals surface area contributed by atoms with E-state index in [1.165, 1.54) is 12.3 Å². The summed E-state index contributed by atoms with van der Waals surface area (Å²) in [5.41, 5.74) is 7.54. The molecule has 0 spiro atoms. The Morgan fingerprint density at radius 1 is 1.24 bits per heavy atom. The number of aliphatic hydroxyl groups excluding tert-OH is 1. The molecule has 0 saturated heterocycles. The molecule has 4 aromatic rings. The van der Waals surface area contributed by atoms with Gasteiger partial charge in [-0.2, -0.15) is 0 Å². The zero-order valence-corrected chi connectivity index (χ0v) is 18.9. The van der Waals surface area contributed by atoms with Gasteiger partial charge in [0, 0.05) is 18.2 Å². The van der Waals surface area contributed by atoms with E-state index in [9.17, 15) is 14.3 Å². The molecule has 5 rings (SSSR count). The summed E-state index contributed by atoms with van der Waals surface area (Å²) in [4.78, 5) is 25.4. The van der Waals surface area contributed by atoms with Crippen LogP contribution in [0, 0.1) is 5.82 Å². The molecule has 0 bridgehead atoms. The Morgan fingerprint density at radius 3 is 2.82 bits per heavy atom. The van der Waals surface area contributed by atoms with E-state index in [2.05, 4.69) is 20.3 Å². The smallest absolute Gasteiger partial charge is 0.280 e. The molecule has 3 heterocycles. The highest BCUT2D eigenvalue weighted by Crippen LogP contribution is 2.37. The van der Waals surface area contributed by atoms with Crippen LogP contribution in [-0.2, 0) is 0 Å². The molecule has 0 radical (unpaired) electrons. The van der Waals surface area contributed by atoms with E-state index in [4.69, 9.17) is 17.3 Å². The van der Waals surface area contributed by atoms with Gasteiger partial charge in [-0.25, -0.2) is 19.3 Å². The van der Waals surface area contributed by atoms with E-state index in [0.29, 0.717) is 51.8 Å². The number of anilines is 1. The molecule has 1 aliphatic rings. The minimum atomic E-state index is -0.668. The Labute approximate surface area is 197 Å². The Bertz CT molecular complexity index is 1340. The number of rotatable bonds is 4. The Kier molecular flexibility index (Phi) is 5.73. The highest BCUT2D eigenvalue weighted by atomic mass is 35.5. The summed E-state index contributed by atoms with van der Waals surface area (Å²) in [5.74, 6) is -0.0168. The lowest BCUT2D eigenvalue weighted by atomic mass is 9.88. The van der Waals surface area contributed by atoms with Crippen LogP contribution in [0.15, 0.2) is 42.7 Å². The Hall–Kier alpha value is -3.08. The molecule has 4 N–H and O–H groups in total. The zero-order valence-electron chi connectivity index (χ0n) is 17.3. The predicted octanol–water partition coefficient (Wildman–Crippen LogP) is 3.81. The molecule has 0 unspecified atom stereocenters. The molecule has 1 saturated carbocycles. The van der Waals surface area contributed by atoms with Gasteiger partial charge < -0.3 is 20.7 Å². The lowest BCUT2D eigenvalue weighted by molar-refractivity contribution is 0.0747. The number of thiazole rings is 1. The molecule has 3 atom stereocenters. The van der Waals surface area contributed by atoms with Crippen LogP contribution in [-0.4, -0.2) is 42.7 Å². The van der Waals surface area contributed by atoms with Gasteiger partial charge in [-0.3, -0.25) is 4.79 Å². The number of pyridine rings is 1. The molecule has 1 amide bonds. The lowest BCUT2D eigenvalue weighted by Crippen LogP contribution is -2.43. The van der Waals surface area contributed by atoms with Crippen molar-refractivity contribution in [2.75, 3.05) is 5.73 Å². The first-order chi connectivity index (χ1) is 15.9. The first kappa shape index (κ1) is 21.7. The van der Waals surface area contributed by atoms with E-state index in [0.717, 1.165) is 11.3 Å². The number of fused-ring (bicyclic) bond motifs is 1. The number of amides is 1. The molecule has 33 heavy (non-hydrogen) atoms. The van der Waals surface area contributed by atoms with Crippen molar-refractivity contribution in [2.45, 2.75) is 37.5 Å². The number of nitrogens with one attached hydrogen (secondary N) is 1. The highest BCUT2D eigenvalue weighted by Gasteiger charge is 2.33. The van der Waals surface area contributed by atoms with Crippen LogP contribution < -0.4 is 11.1 Å². The molecule has 3 aromatic heterocycles. The summed E-state index contributed by atoms with van der Waals surface area (Å²) >= 11 is 6.99. The molecule has 1 fully saturated rings. The summed E-state index contributed by atoms with van der Waals surface area (Å²) < 4.78 is 17.0. The van der Waals surface area contributed by atoms with Gasteiger partial charge in [0.2, 0.25) is 0 Å². The van der Waals surface area contributed by atoms with Crippen molar-refractivity contribution >= 4 is 45.7 Å². The van der Waals surface area contributed by atoms with Crippen molar-refractivity contribution in [3.05, 3.63) is 57.9 Å². The van der Waals surface area contributed by atoms with Crippen LogP contribution in [0.25, 0.3) is 22.4 Å². The van der Waals surface area contributed by atoms with Crippen LogP contribution in [0.1, 0.15) is 35.1 Å². The van der Waals surface area contributed by atoms with Gasteiger partial charge in [0.25, 0.3) is 5.91 Å². The van der Waals surface area contributed by atoms with Crippen LogP contribution in [0.2, 0.25) is 4.34 Å². The number of aliphatic hydroxyl groups is 1. The fourth-order valence-electron chi connectivity index (χ4n) is 4.41. The fraction of sp³-hybridized carbons (Fsp3) is 0.273. The number of imidazole rings is 1. The maximum atomic E-state index is 14.7. The molecule has 11 heteroatoms. The fourth-order valence-corrected chi connectivity index (χ4v) is 5.23. The summed E-state index contributed by atoms with van der Waals surface area (Å²) in [6, 6.07) is 7.51. The number of aromatic nitrogens is 4. The number of hydrogen-bond acceptors (Lipinski definition) is 7. The van der Waals surface area contributed by atoms with E-state index in [-0.39, 0.29) is 23.0 Å². The predicted molar refractivity (Wildman–Crippen MR) is 125 cm³/mol. The minimum absolute atomic E-state index is 0.260. The maximum absolute atomic E-state index is 14.7. The van der Waals surface area contributed by atoms with Gasteiger partial charge in [0.05, 0.1) is 29.6 Å². The van der Waals surface area contributed by atoms with E-state index >= 15 is 0 Å². The quantitative estimate of drug-likeness (QED) is 0.403. The number of carbonyl (C=O) groups is 1. The monoisotopic (exact) mass is 486 g/mol. The standard InChI is InChI=1S/C22H20ClFN6O2S/c23-18-10-27-22(33-18)21(32)28-11-5-12(7-13(31)6-11)30-17-8-19(25)26-9-16(17)29-20(30)14-3-1-2-4-15(14)24/h1-4,8-13,31H,5-7H2,(H2,25,26)(H,28,32)/t11-,12+,13+/m1/s1. The number of nitrogens with two attached hydrogens (primary N) is 1. The number of nitrogens with zero attached hydrogens (tertiary/aromatic N) is 4. The second-order valence-electron chi connectivity index (χ2n) is 8.04. The average molecular weight is 487 g/mol. The van der Waals surface area contributed by atoms with Crippen molar-refractivity contribution in [3.63, 3.8) is 0 Å². The number of halogens is 2. The third-order valence-corrected chi connectivity index (χ3v) is 6.85. The number of nitrogen functional groups attached to an aromatic ring is 1. The van der Waals surface area contributed by atoms with Crippen molar-refractivity contribution in [3.8, 4) is 11.4 Å². The first-order valence-electron chi connectivity index (χ1n) is 10.4. The largest absolute Gasteiger partial charge is 0.393 e. The first-order valence-corrected chi connectivity index (χ1v) is 11.6. The molecule has 170 valence electrons. The van der Waals surface area contributed by atoms with Gasteiger partial charge in [-0.1, -0.05) is 35.1 Å².